The fourth-order valence-corrected chi connectivity index (χ4v) is 3.78. The van der Waals surface area contributed by atoms with Crippen molar-refractivity contribution in [3.63, 3.8) is 0 Å². The molecule has 0 amide bonds. The number of hydrogen-bond donors (Lipinski definition) is 1. The van der Waals surface area contributed by atoms with E-state index in [9.17, 15) is 4.79 Å². The Kier molecular flexibility index (Phi) is 19.0. The Morgan fingerprint density at radius 2 is 0.822 bits per heavy atom. The molecule has 6 rings (SSSR count). The molecule has 6 aromatic heterocycles. The summed E-state index contributed by atoms with van der Waals surface area (Å²) in [6.07, 6.45) is 12.1. The van der Waals surface area contributed by atoms with Crippen LogP contribution in [-0.2, 0) is 30.7 Å². The molecule has 6 aromatic rings. The minimum Gasteiger partial charge on any atom is -1.00 e. The third-order valence-corrected chi connectivity index (χ3v) is 5.79. The first-order valence-corrected chi connectivity index (χ1v) is 13.4. The number of rotatable bonds is 7. The fourth-order valence-electron chi connectivity index (χ4n) is 3.78. The molecule has 0 aliphatic carbocycles. The maximum atomic E-state index is 10.5. The van der Waals surface area contributed by atoms with Crippen LogP contribution in [-0.4, -0.2) is 41.0 Å². The van der Waals surface area contributed by atoms with Crippen molar-refractivity contribution in [2.75, 3.05) is 0 Å². The molecule has 0 atom stereocenters. The summed E-state index contributed by atoms with van der Waals surface area (Å²) in [4.78, 5) is 35.7. The van der Waals surface area contributed by atoms with Crippen LogP contribution in [0.1, 0.15) is 18.4 Å². The third-order valence-electron chi connectivity index (χ3n) is 5.79. The van der Waals surface area contributed by atoms with Crippen molar-refractivity contribution < 1.29 is 54.2 Å². The molecule has 6 heterocycles. The van der Waals surface area contributed by atoms with Crippen LogP contribution in [0.4, 0.5) is 0 Å². The largest absolute Gasteiger partial charge is 1.00 e. The van der Waals surface area contributed by atoms with Gasteiger partial charge in [0.2, 0.25) is 0 Å². The number of aliphatic carboxylic acids is 1. The second kappa shape index (κ2) is 22.1. The van der Waals surface area contributed by atoms with Gasteiger partial charge in [0.05, 0.1) is 34.2 Å². The summed E-state index contributed by atoms with van der Waals surface area (Å²) in [6, 6.07) is 32.7. The number of nitrogens with zero attached hydrogens (tertiary/aromatic N) is 6. The summed E-state index contributed by atoms with van der Waals surface area (Å²) in [5.41, 5.74) is 6.40. The van der Waals surface area contributed by atoms with Crippen LogP contribution < -0.4 is 24.8 Å². The Balaban J connectivity index is 0.000000336. The molecule has 0 aromatic carbocycles. The SMILES string of the molecule is O=C(O)CCCc1ccnc(-c2ccccn2)c1.[Cl-].[Cl-].[Ru].c1ccc(-c2ccccn2)nc1.c1ccc(-c2ccccn2)nc1. The van der Waals surface area contributed by atoms with Gasteiger partial charge in [-0.1, -0.05) is 30.3 Å². The van der Waals surface area contributed by atoms with Crippen molar-refractivity contribution in [1.29, 1.82) is 0 Å². The first kappa shape index (κ1) is 38.6. The van der Waals surface area contributed by atoms with Crippen molar-refractivity contribution in [1.82, 2.24) is 29.9 Å². The van der Waals surface area contributed by atoms with Crippen molar-refractivity contribution in [3.8, 4) is 34.2 Å². The smallest absolute Gasteiger partial charge is 0.303 e. The van der Waals surface area contributed by atoms with E-state index in [4.69, 9.17) is 5.11 Å². The molecule has 0 aliphatic heterocycles. The number of hydrogen-bond acceptors (Lipinski definition) is 7. The van der Waals surface area contributed by atoms with E-state index in [-0.39, 0.29) is 50.7 Å². The van der Waals surface area contributed by atoms with Gasteiger partial charge in [-0.3, -0.25) is 34.7 Å². The Bertz CT molecular complexity index is 1470. The van der Waals surface area contributed by atoms with E-state index in [1.54, 1.807) is 37.2 Å². The zero-order chi connectivity index (χ0) is 29.2. The topological polar surface area (TPSA) is 115 Å². The maximum absolute atomic E-state index is 10.5. The Morgan fingerprint density at radius 1 is 0.489 bits per heavy atom. The maximum Gasteiger partial charge on any atom is 0.303 e. The van der Waals surface area contributed by atoms with Gasteiger partial charge in [-0.05, 0) is 91.2 Å². The van der Waals surface area contributed by atoms with Gasteiger partial charge in [0.1, 0.15) is 0 Å². The number of carboxylic acids is 1. The Labute approximate surface area is 288 Å². The molecule has 0 unspecified atom stereocenters. The first-order chi connectivity index (χ1) is 20.7. The number of halogens is 2. The van der Waals surface area contributed by atoms with Gasteiger partial charge in [-0.2, -0.15) is 0 Å². The first-order valence-electron chi connectivity index (χ1n) is 13.4. The summed E-state index contributed by atoms with van der Waals surface area (Å²) < 4.78 is 0. The van der Waals surface area contributed by atoms with Gasteiger partial charge >= 0.3 is 5.97 Å². The van der Waals surface area contributed by atoms with E-state index in [0.29, 0.717) is 6.42 Å². The molecule has 0 spiro atoms. The molecule has 0 bridgehead atoms. The average molecular weight is 727 g/mol. The van der Waals surface area contributed by atoms with Crippen molar-refractivity contribution in [3.05, 3.63) is 146 Å². The predicted molar refractivity (Wildman–Crippen MR) is 163 cm³/mol. The number of pyridine rings is 6. The Morgan fingerprint density at radius 3 is 1.13 bits per heavy atom. The third kappa shape index (κ3) is 13.8. The van der Waals surface area contributed by atoms with Gasteiger partial charge < -0.3 is 29.9 Å². The van der Waals surface area contributed by atoms with Crippen LogP contribution in [0.5, 0.6) is 0 Å². The van der Waals surface area contributed by atoms with E-state index < -0.39 is 5.97 Å². The second-order valence-corrected chi connectivity index (χ2v) is 8.87. The van der Waals surface area contributed by atoms with Gasteiger partial charge in [0.15, 0.2) is 0 Å². The zero-order valence-electron chi connectivity index (χ0n) is 24.0. The van der Waals surface area contributed by atoms with Crippen molar-refractivity contribution in [2.24, 2.45) is 0 Å². The van der Waals surface area contributed by atoms with E-state index in [1.807, 2.05) is 103 Å². The monoisotopic (exact) mass is 726 g/mol. The summed E-state index contributed by atoms with van der Waals surface area (Å²) in [5, 5.41) is 8.60. The number of aryl methyl sites for hydroxylation is 1. The molecule has 0 fully saturated rings. The molecule has 1 N–H and O–H groups in total. The molecular weight excluding hydrogens is 696 g/mol. The summed E-state index contributed by atoms with van der Waals surface area (Å²) in [7, 11) is 0. The molecule has 45 heavy (non-hydrogen) atoms. The van der Waals surface area contributed by atoms with Gasteiger partial charge in [0, 0.05) is 63.1 Å². The van der Waals surface area contributed by atoms with Crippen LogP contribution in [0, 0.1) is 0 Å². The molecule has 11 heteroatoms. The molecule has 232 valence electrons. The van der Waals surface area contributed by atoms with E-state index in [2.05, 4.69) is 29.9 Å². The second-order valence-electron chi connectivity index (χ2n) is 8.87. The standard InChI is InChI=1S/C14H14N2O2.2C10H8N2.2ClH.Ru/c17-14(18)6-3-4-11-7-9-16-13(10-11)12-5-1-2-8-15-12;2*1-3-7-11-9(5-1)10-6-2-4-8-12-10;;;/h1-2,5,7-10H,3-4,6H2,(H,17,18);2*1-8H;2*1H;/p-2. The predicted octanol–water partition coefficient (Wildman–Crippen LogP) is 0.844. The normalized spacial score (nSPS) is 9.24. The molecular formula is C34H30Cl2N6O2Ru-2. The van der Waals surface area contributed by atoms with Gasteiger partial charge in [-0.15, -0.1) is 0 Å². The quantitative estimate of drug-likeness (QED) is 0.241. The molecule has 8 nitrogen and oxygen atoms in total. The van der Waals surface area contributed by atoms with E-state index in [1.165, 1.54) is 0 Å². The van der Waals surface area contributed by atoms with Crippen molar-refractivity contribution in [2.45, 2.75) is 19.3 Å². The Hall–Kier alpha value is -4.43. The fraction of sp³-hybridized carbons (Fsp3) is 0.0882. The summed E-state index contributed by atoms with van der Waals surface area (Å²) in [6.45, 7) is 0. The van der Waals surface area contributed by atoms with Gasteiger partial charge in [0.25, 0.3) is 0 Å². The molecule has 0 radical (unpaired) electrons. The summed E-state index contributed by atoms with van der Waals surface area (Å²) >= 11 is 0. The van der Waals surface area contributed by atoms with Crippen LogP contribution >= 0.6 is 0 Å². The number of aromatic nitrogens is 6. The minimum atomic E-state index is -0.756. The number of carboxylic acid groups (broad SMARTS) is 1. The van der Waals surface area contributed by atoms with Crippen LogP contribution in [0.25, 0.3) is 34.2 Å². The van der Waals surface area contributed by atoms with Crippen molar-refractivity contribution >= 4 is 5.97 Å². The van der Waals surface area contributed by atoms with E-state index >= 15 is 0 Å². The average Bonchev–Trinajstić information content (AvgIpc) is 3.07. The molecule has 0 saturated heterocycles. The molecule has 0 aliphatic rings. The van der Waals surface area contributed by atoms with E-state index in [0.717, 1.165) is 46.1 Å². The molecule has 0 saturated carbocycles. The zero-order valence-corrected chi connectivity index (χ0v) is 27.3. The van der Waals surface area contributed by atoms with Crippen LogP contribution in [0.15, 0.2) is 140 Å². The summed E-state index contributed by atoms with van der Waals surface area (Å²) in [5.74, 6) is -0.756. The minimum absolute atomic E-state index is 0. The van der Waals surface area contributed by atoms with Crippen LogP contribution in [0.2, 0.25) is 0 Å². The van der Waals surface area contributed by atoms with Gasteiger partial charge in [-0.25, -0.2) is 0 Å². The van der Waals surface area contributed by atoms with Crippen LogP contribution in [0.3, 0.4) is 0 Å². The number of carbonyl (C=O) groups is 1.